The highest BCUT2D eigenvalue weighted by Crippen LogP contribution is 2.16. The quantitative estimate of drug-likeness (QED) is 0.583. The maximum atomic E-state index is 11.1. The Balaban J connectivity index is 2.56. The van der Waals surface area contributed by atoms with Crippen LogP contribution in [0.4, 0.5) is 0 Å². The van der Waals surface area contributed by atoms with E-state index in [1.165, 1.54) is 12.1 Å². The summed E-state index contributed by atoms with van der Waals surface area (Å²) < 4.78 is 4.78. The van der Waals surface area contributed by atoms with Crippen LogP contribution in [0.3, 0.4) is 0 Å². The first-order valence-electron chi connectivity index (χ1n) is 4.27. The lowest BCUT2D eigenvalue weighted by molar-refractivity contribution is -0.141. The Kier molecular flexibility index (Phi) is 3.73. The van der Waals surface area contributed by atoms with Gasteiger partial charge in [0.15, 0.2) is 0 Å². The predicted molar refractivity (Wildman–Crippen MR) is 53.0 cm³/mol. The van der Waals surface area contributed by atoms with E-state index in [1.807, 2.05) is 0 Å². The first-order valence-corrected chi connectivity index (χ1v) is 4.27. The van der Waals surface area contributed by atoms with E-state index in [-0.39, 0.29) is 24.7 Å². The van der Waals surface area contributed by atoms with Gasteiger partial charge >= 0.3 is 5.97 Å². The first kappa shape index (κ1) is 10.3. The Morgan fingerprint density at radius 1 is 1.50 bits per heavy atom. The lowest BCUT2D eigenvalue weighted by Crippen LogP contribution is -2.07. The molecule has 0 radical (unpaired) electrons. The Bertz CT molecular complexity index is 331. The molecule has 0 amide bonds. The van der Waals surface area contributed by atoms with Gasteiger partial charge < -0.3 is 9.84 Å². The van der Waals surface area contributed by atoms with Gasteiger partial charge in [0.2, 0.25) is 0 Å². The number of hydrogen-bond donors (Lipinski definition) is 1. The summed E-state index contributed by atoms with van der Waals surface area (Å²) in [5, 5.41) is 9.36. The molecule has 0 aliphatic carbocycles. The van der Waals surface area contributed by atoms with Gasteiger partial charge in [0.05, 0.1) is 6.42 Å². The van der Waals surface area contributed by atoms with Crippen LogP contribution in [0.5, 0.6) is 5.75 Å². The summed E-state index contributed by atoms with van der Waals surface area (Å²) in [6.45, 7) is 3.63. The topological polar surface area (TPSA) is 46.5 Å². The van der Waals surface area contributed by atoms with E-state index in [4.69, 9.17) is 4.74 Å². The van der Waals surface area contributed by atoms with Crippen LogP contribution >= 0.6 is 0 Å². The van der Waals surface area contributed by atoms with Gasteiger partial charge in [0.25, 0.3) is 0 Å². The Morgan fingerprint density at radius 3 is 2.86 bits per heavy atom. The third-order valence-corrected chi connectivity index (χ3v) is 1.69. The minimum atomic E-state index is -0.369. The molecule has 0 atom stereocenters. The molecule has 1 aromatic rings. The number of phenolic OH excluding ortho intramolecular Hbond substituents is 1. The second-order valence-electron chi connectivity index (χ2n) is 2.78. The maximum Gasteiger partial charge on any atom is 0.310 e. The van der Waals surface area contributed by atoms with E-state index < -0.39 is 0 Å². The molecule has 1 N–H and O–H groups in total. The molecule has 1 aromatic carbocycles. The number of benzene rings is 1. The number of hydrogen-bond acceptors (Lipinski definition) is 3. The smallest absolute Gasteiger partial charge is 0.310 e. The number of phenols is 1. The molecule has 0 aromatic heterocycles. The number of esters is 1. The van der Waals surface area contributed by atoms with Crippen LogP contribution in [0.25, 0.3) is 0 Å². The van der Waals surface area contributed by atoms with Crippen LogP contribution in [0.15, 0.2) is 36.9 Å². The van der Waals surface area contributed by atoms with Crippen molar-refractivity contribution in [2.24, 2.45) is 0 Å². The van der Waals surface area contributed by atoms with Crippen molar-refractivity contribution >= 4 is 5.97 Å². The van der Waals surface area contributed by atoms with Crippen molar-refractivity contribution in [2.45, 2.75) is 6.42 Å². The number of ether oxygens (including phenoxy) is 1. The molecule has 0 unspecified atom stereocenters. The number of aromatic hydroxyl groups is 1. The van der Waals surface area contributed by atoms with Crippen molar-refractivity contribution in [3.8, 4) is 5.75 Å². The van der Waals surface area contributed by atoms with Crippen LogP contribution in [0, 0.1) is 0 Å². The van der Waals surface area contributed by atoms with E-state index in [1.54, 1.807) is 18.2 Å². The molecule has 0 saturated heterocycles. The highest BCUT2D eigenvalue weighted by Gasteiger charge is 2.06. The van der Waals surface area contributed by atoms with E-state index in [9.17, 15) is 9.90 Å². The average molecular weight is 192 g/mol. The van der Waals surface area contributed by atoms with E-state index >= 15 is 0 Å². The average Bonchev–Trinajstić information content (AvgIpc) is 2.18. The van der Waals surface area contributed by atoms with Gasteiger partial charge in [-0.2, -0.15) is 0 Å². The molecule has 0 fully saturated rings. The zero-order valence-corrected chi connectivity index (χ0v) is 7.77. The number of carbonyl (C=O) groups excluding carboxylic acids is 1. The largest absolute Gasteiger partial charge is 0.508 e. The van der Waals surface area contributed by atoms with Crippen LogP contribution in [-0.2, 0) is 16.0 Å². The van der Waals surface area contributed by atoms with Crippen molar-refractivity contribution in [1.29, 1.82) is 0 Å². The molecule has 0 aliphatic heterocycles. The maximum absolute atomic E-state index is 11.1. The lowest BCUT2D eigenvalue weighted by Gasteiger charge is -2.03. The predicted octanol–water partition coefficient (Wildman–Crippen LogP) is 1.66. The molecule has 74 valence electrons. The Hall–Kier alpha value is -1.77. The third-order valence-electron chi connectivity index (χ3n) is 1.69. The van der Waals surface area contributed by atoms with E-state index in [2.05, 4.69) is 6.58 Å². The highest BCUT2D eigenvalue weighted by molar-refractivity contribution is 5.73. The summed E-state index contributed by atoms with van der Waals surface area (Å²) >= 11 is 0. The highest BCUT2D eigenvalue weighted by atomic mass is 16.5. The molecular weight excluding hydrogens is 180 g/mol. The summed E-state index contributed by atoms with van der Waals surface area (Å²) in [6, 6.07) is 6.68. The molecule has 0 saturated carbocycles. The van der Waals surface area contributed by atoms with Crippen LogP contribution < -0.4 is 0 Å². The van der Waals surface area contributed by atoms with E-state index in [0.29, 0.717) is 5.56 Å². The number of carbonyl (C=O) groups is 1. The summed E-state index contributed by atoms with van der Waals surface area (Å²) in [4.78, 5) is 11.1. The Labute approximate surface area is 82.6 Å². The van der Waals surface area contributed by atoms with Crippen molar-refractivity contribution in [2.75, 3.05) is 6.61 Å². The second-order valence-corrected chi connectivity index (χ2v) is 2.78. The standard InChI is InChI=1S/C11H12O3/c1-2-7-14-11(13)8-9-5-3-4-6-10(9)12/h2-6,12H,1,7-8H2. The molecule has 3 heteroatoms. The molecular formula is C11H12O3. The summed E-state index contributed by atoms with van der Waals surface area (Å²) in [6.07, 6.45) is 1.59. The Morgan fingerprint density at radius 2 is 2.21 bits per heavy atom. The van der Waals surface area contributed by atoms with Gasteiger partial charge in [-0.25, -0.2) is 0 Å². The van der Waals surface area contributed by atoms with Gasteiger partial charge in [0, 0.05) is 5.56 Å². The molecule has 0 bridgehead atoms. The van der Waals surface area contributed by atoms with Crippen molar-refractivity contribution in [1.82, 2.24) is 0 Å². The third kappa shape index (κ3) is 2.94. The van der Waals surface area contributed by atoms with Crippen LogP contribution in [0.2, 0.25) is 0 Å². The zero-order chi connectivity index (χ0) is 10.4. The summed E-state index contributed by atoms with van der Waals surface area (Å²) in [5.74, 6) is -0.255. The second kappa shape index (κ2) is 5.07. The molecule has 1 rings (SSSR count). The van der Waals surface area contributed by atoms with Gasteiger partial charge in [-0.3, -0.25) is 4.79 Å². The fourth-order valence-electron chi connectivity index (χ4n) is 1.02. The van der Waals surface area contributed by atoms with E-state index in [0.717, 1.165) is 0 Å². The zero-order valence-electron chi connectivity index (χ0n) is 7.77. The van der Waals surface area contributed by atoms with Crippen LogP contribution in [0.1, 0.15) is 5.56 Å². The van der Waals surface area contributed by atoms with Crippen molar-refractivity contribution in [3.05, 3.63) is 42.5 Å². The molecule has 14 heavy (non-hydrogen) atoms. The summed E-state index contributed by atoms with van der Waals surface area (Å²) in [7, 11) is 0. The van der Waals surface area contributed by atoms with Crippen molar-refractivity contribution < 1.29 is 14.6 Å². The SMILES string of the molecule is C=CCOC(=O)Cc1ccccc1O. The van der Waals surface area contributed by atoms with Gasteiger partial charge in [-0.15, -0.1) is 0 Å². The minimum absolute atomic E-state index is 0.0838. The summed E-state index contributed by atoms with van der Waals surface area (Å²) in [5.41, 5.74) is 0.571. The van der Waals surface area contributed by atoms with Gasteiger partial charge in [-0.05, 0) is 6.07 Å². The number of para-hydroxylation sites is 1. The monoisotopic (exact) mass is 192 g/mol. The molecule has 0 aliphatic rings. The van der Waals surface area contributed by atoms with Gasteiger partial charge in [0.1, 0.15) is 12.4 Å². The minimum Gasteiger partial charge on any atom is -0.508 e. The number of rotatable bonds is 4. The molecule has 3 nitrogen and oxygen atoms in total. The van der Waals surface area contributed by atoms with Gasteiger partial charge in [-0.1, -0.05) is 30.9 Å². The normalized spacial score (nSPS) is 9.43. The fraction of sp³-hybridized carbons (Fsp3) is 0.182. The molecule has 0 spiro atoms. The van der Waals surface area contributed by atoms with Crippen molar-refractivity contribution in [3.63, 3.8) is 0 Å². The fourth-order valence-corrected chi connectivity index (χ4v) is 1.02. The molecule has 0 heterocycles. The van der Waals surface area contributed by atoms with Crippen LogP contribution in [-0.4, -0.2) is 17.7 Å². The lowest BCUT2D eigenvalue weighted by atomic mass is 10.1. The first-order chi connectivity index (χ1) is 6.74.